The molecule has 1 aliphatic heterocycles. The van der Waals surface area contributed by atoms with E-state index in [-0.39, 0.29) is 13.1 Å². The number of rotatable bonds is 4. The van der Waals surface area contributed by atoms with Gasteiger partial charge in [-0.3, -0.25) is 4.98 Å². The van der Waals surface area contributed by atoms with Gasteiger partial charge in [-0.2, -0.15) is 5.10 Å². The number of aromatic nitrogens is 3. The Morgan fingerprint density at radius 2 is 1.74 bits per heavy atom. The van der Waals surface area contributed by atoms with Crippen LogP contribution in [-0.2, 0) is 4.74 Å². The second-order valence-electron chi connectivity index (χ2n) is 7.08. The van der Waals surface area contributed by atoms with Gasteiger partial charge in [0.05, 0.1) is 16.9 Å². The number of fused-ring (bicyclic) bond motifs is 1. The quantitative estimate of drug-likeness (QED) is 0.321. The Bertz CT molecular complexity index is 1070. The number of pyridine rings is 1. The lowest BCUT2D eigenvalue weighted by Crippen LogP contribution is -2.59. The molecule has 1 aliphatic rings. The van der Waals surface area contributed by atoms with Gasteiger partial charge in [-0.15, -0.1) is 0 Å². The normalized spacial score (nSPS) is 15.4. The molecule has 0 unspecified atom stereocenters. The van der Waals surface area contributed by atoms with Crippen LogP contribution in [0.25, 0.3) is 16.8 Å². The van der Waals surface area contributed by atoms with Crippen molar-refractivity contribution in [2.24, 2.45) is 0 Å². The molecule has 1 saturated heterocycles. The van der Waals surface area contributed by atoms with Gasteiger partial charge in [0.25, 0.3) is 0 Å². The minimum Gasteiger partial charge on any atom is -0.385 e. The van der Waals surface area contributed by atoms with E-state index < -0.39 is 18.0 Å². The first-order valence-electron chi connectivity index (χ1n) is 9.39. The second-order valence-corrected chi connectivity index (χ2v) is 7.08. The summed E-state index contributed by atoms with van der Waals surface area (Å²) in [7, 11) is 0. The first kappa shape index (κ1) is 21.0. The van der Waals surface area contributed by atoms with Gasteiger partial charge in [0.2, 0.25) is 0 Å². The monoisotopic (exact) mass is 431 g/mol. The molecule has 31 heavy (non-hydrogen) atoms. The van der Waals surface area contributed by atoms with E-state index in [9.17, 15) is 15.0 Å². The highest BCUT2D eigenvalue weighted by Crippen LogP contribution is 2.28. The molecule has 3 aromatic heterocycles. The van der Waals surface area contributed by atoms with Crippen molar-refractivity contribution >= 4 is 17.3 Å². The summed E-state index contributed by atoms with van der Waals surface area (Å²) in [6, 6.07) is 9.48. The Morgan fingerprint density at radius 3 is 2.39 bits per heavy atom. The van der Waals surface area contributed by atoms with Crippen LogP contribution in [0.3, 0.4) is 0 Å². The van der Waals surface area contributed by atoms with Crippen LogP contribution in [-0.4, -0.2) is 89.2 Å². The number of carbonyl (C=O) groups is 1. The summed E-state index contributed by atoms with van der Waals surface area (Å²) in [5, 5.41) is 49.5. The van der Waals surface area contributed by atoms with E-state index >= 15 is 0 Å². The third kappa shape index (κ3) is 4.15. The second kappa shape index (κ2) is 7.76. The molecule has 0 radical (unpaired) electrons. The number of aliphatic hydroxyl groups is 5. The Labute approximate surface area is 175 Å². The van der Waals surface area contributed by atoms with E-state index in [4.69, 9.17) is 15.3 Å². The average molecular weight is 431 g/mol. The van der Waals surface area contributed by atoms with Gasteiger partial charge >= 0.3 is 18.0 Å². The zero-order valence-electron chi connectivity index (χ0n) is 16.2. The number of anilines is 1. The third-order valence-electron chi connectivity index (χ3n) is 4.99. The van der Waals surface area contributed by atoms with Crippen molar-refractivity contribution in [3.8, 4) is 11.3 Å². The first-order valence-corrected chi connectivity index (χ1v) is 9.39. The summed E-state index contributed by atoms with van der Waals surface area (Å²) >= 11 is 0. The molecule has 1 fully saturated rings. The maximum atomic E-state index is 12.1. The van der Waals surface area contributed by atoms with Gasteiger partial charge in [0.1, 0.15) is 0 Å². The minimum absolute atomic E-state index is 0.159. The van der Waals surface area contributed by atoms with Crippen molar-refractivity contribution < 1.29 is 35.1 Å². The van der Waals surface area contributed by atoms with Crippen molar-refractivity contribution in [2.75, 3.05) is 31.1 Å². The molecule has 12 heteroatoms. The molecule has 12 nitrogen and oxygen atoms in total. The minimum atomic E-state index is -4.02. The molecule has 0 saturated carbocycles. The topological polar surface area (TPSA) is 164 Å². The first-order chi connectivity index (χ1) is 14.7. The predicted molar refractivity (Wildman–Crippen MR) is 105 cm³/mol. The SMILES string of the molecule is O=C(OC(O)(O)C(O)(O)O)N1CCN(c2ccnn3cc(-c4ccccn4)cc23)CC1. The number of hydrogen-bond donors (Lipinski definition) is 5. The molecular weight excluding hydrogens is 410 g/mol. The Balaban J connectivity index is 1.48. The van der Waals surface area contributed by atoms with Gasteiger partial charge in [-0.1, -0.05) is 6.07 Å². The van der Waals surface area contributed by atoms with Crippen LogP contribution in [0.1, 0.15) is 0 Å². The number of carbonyl (C=O) groups excluding carboxylic acids is 1. The number of amides is 1. The van der Waals surface area contributed by atoms with Crippen LogP contribution in [0.4, 0.5) is 10.5 Å². The van der Waals surface area contributed by atoms with Crippen LogP contribution >= 0.6 is 0 Å². The lowest BCUT2D eigenvalue weighted by molar-refractivity contribution is -0.509. The van der Waals surface area contributed by atoms with Crippen molar-refractivity contribution in [3.63, 3.8) is 0 Å². The van der Waals surface area contributed by atoms with E-state index in [0.717, 1.165) is 27.4 Å². The van der Waals surface area contributed by atoms with E-state index in [1.54, 1.807) is 16.9 Å². The van der Waals surface area contributed by atoms with Gasteiger partial charge in [-0.25, -0.2) is 9.31 Å². The standard InChI is InChI=1S/C19H21N5O7/c25-17(31-19(29,30)18(26,27)28)23-9-7-22(8-10-23)15-4-6-21-24-12-13(11-16(15)24)14-3-1-2-5-20-14/h1-6,11-12,26-30H,7-10H2. The van der Waals surface area contributed by atoms with Gasteiger partial charge < -0.3 is 40.1 Å². The molecule has 5 N–H and O–H groups in total. The lowest BCUT2D eigenvalue weighted by atomic mass is 10.2. The summed E-state index contributed by atoms with van der Waals surface area (Å²) in [6.45, 7) is 1.11. The highest BCUT2D eigenvalue weighted by molar-refractivity contribution is 5.79. The van der Waals surface area contributed by atoms with Crippen molar-refractivity contribution in [3.05, 3.63) is 48.9 Å². The van der Waals surface area contributed by atoms with E-state index in [1.807, 2.05) is 41.4 Å². The lowest BCUT2D eigenvalue weighted by Gasteiger charge is -2.37. The summed E-state index contributed by atoms with van der Waals surface area (Å²) in [5.74, 6) is -7.89. The van der Waals surface area contributed by atoms with Crippen LogP contribution in [0.15, 0.2) is 48.9 Å². The summed E-state index contributed by atoms with van der Waals surface area (Å²) in [5.41, 5.74) is 3.47. The molecule has 164 valence electrons. The maximum absolute atomic E-state index is 12.1. The average Bonchev–Trinajstić information content (AvgIpc) is 3.18. The smallest absolute Gasteiger partial charge is 0.385 e. The molecule has 1 amide bonds. The highest BCUT2D eigenvalue weighted by atomic mass is 16.9. The third-order valence-corrected chi connectivity index (χ3v) is 4.99. The fourth-order valence-corrected chi connectivity index (χ4v) is 3.33. The largest absolute Gasteiger partial charge is 0.414 e. The zero-order chi connectivity index (χ0) is 22.2. The molecule has 4 heterocycles. The van der Waals surface area contributed by atoms with Crippen LogP contribution < -0.4 is 4.90 Å². The molecule has 0 aliphatic carbocycles. The molecule has 3 aromatic rings. The molecule has 0 atom stereocenters. The van der Waals surface area contributed by atoms with Crippen LogP contribution in [0.2, 0.25) is 0 Å². The van der Waals surface area contributed by atoms with Crippen molar-refractivity contribution in [2.45, 2.75) is 11.9 Å². The molecule has 4 rings (SSSR count). The van der Waals surface area contributed by atoms with E-state index in [0.29, 0.717) is 13.1 Å². The number of nitrogens with zero attached hydrogens (tertiary/aromatic N) is 5. The Hall–Kier alpha value is -3.29. The van der Waals surface area contributed by atoms with Gasteiger partial charge in [-0.05, 0) is 24.3 Å². The van der Waals surface area contributed by atoms with Gasteiger partial charge in [0.15, 0.2) is 0 Å². The zero-order valence-corrected chi connectivity index (χ0v) is 16.2. The fraction of sp³-hybridized carbons (Fsp3) is 0.316. The number of piperazine rings is 1. The van der Waals surface area contributed by atoms with Crippen LogP contribution in [0.5, 0.6) is 0 Å². The summed E-state index contributed by atoms with van der Waals surface area (Å²) < 4.78 is 5.96. The van der Waals surface area contributed by atoms with Gasteiger partial charge in [0, 0.05) is 50.3 Å². The van der Waals surface area contributed by atoms with Crippen molar-refractivity contribution in [1.82, 2.24) is 19.5 Å². The Kier molecular flexibility index (Phi) is 5.24. The highest BCUT2D eigenvalue weighted by Gasteiger charge is 2.52. The van der Waals surface area contributed by atoms with E-state index in [1.165, 1.54) is 0 Å². The fourth-order valence-electron chi connectivity index (χ4n) is 3.33. The van der Waals surface area contributed by atoms with Crippen molar-refractivity contribution in [1.29, 1.82) is 0 Å². The number of hydrogen-bond acceptors (Lipinski definition) is 10. The van der Waals surface area contributed by atoms with Crippen LogP contribution in [0, 0.1) is 0 Å². The molecule has 0 spiro atoms. The predicted octanol–water partition coefficient (Wildman–Crippen LogP) is -1.08. The van der Waals surface area contributed by atoms with E-state index in [2.05, 4.69) is 14.8 Å². The summed E-state index contributed by atoms with van der Waals surface area (Å²) in [6.07, 6.45) is 4.04. The molecular formula is C19H21N5O7. The Morgan fingerprint density at radius 1 is 1.00 bits per heavy atom. The maximum Gasteiger partial charge on any atom is 0.414 e. The molecule has 0 aromatic carbocycles. The molecule has 0 bridgehead atoms. The number of ether oxygens (including phenoxy) is 1. The summed E-state index contributed by atoms with van der Waals surface area (Å²) in [4.78, 5) is 19.6.